The SMILES string of the molecule is CNc1nc2ccccc2n1C1CCCSC1. The largest absolute Gasteiger partial charge is 0.359 e. The Kier molecular flexibility index (Phi) is 2.97. The zero-order chi connectivity index (χ0) is 11.7. The number of hydrogen-bond donors (Lipinski definition) is 1. The minimum absolute atomic E-state index is 0.587. The minimum atomic E-state index is 0.587. The first-order chi connectivity index (χ1) is 8.40. The first-order valence-corrected chi connectivity index (χ1v) is 7.28. The van der Waals surface area contributed by atoms with Crippen molar-refractivity contribution in [3.63, 3.8) is 0 Å². The summed E-state index contributed by atoms with van der Waals surface area (Å²) < 4.78 is 2.38. The van der Waals surface area contributed by atoms with Gasteiger partial charge in [-0.2, -0.15) is 11.8 Å². The first kappa shape index (κ1) is 11.0. The van der Waals surface area contributed by atoms with Gasteiger partial charge in [0.1, 0.15) is 0 Å². The van der Waals surface area contributed by atoms with E-state index in [-0.39, 0.29) is 0 Å². The van der Waals surface area contributed by atoms with Crippen molar-refractivity contribution in [3.8, 4) is 0 Å². The van der Waals surface area contributed by atoms with E-state index >= 15 is 0 Å². The molecule has 1 aliphatic rings. The first-order valence-electron chi connectivity index (χ1n) is 6.12. The van der Waals surface area contributed by atoms with Gasteiger partial charge in [-0.25, -0.2) is 4.98 Å². The predicted octanol–water partition coefficient (Wildman–Crippen LogP) is 3.15. The lowest BCUT2D eigenvalue weighted by Gasteiger charge is -2.24. The fourth-order valence-electron chi connectivity index (χ4n) is 2.52. The number of benzene rings is 1. The van der Waals surface area contributed by atoms with Crippen LogP contribution in [-0.4, -0.2) is 28.1 Å². The van der Waals surface area contributed by atoms with Gasteiger partial charge in [-0.3, -0.25) is 0 Å². The molecule has 1 aromatic heterocycles. The van der Waals surface area contributed by atoms with Crippen molar-refractivity contribution >= 4 is 28.7 Å². The quantitative estimate of drug-likeness (QED) is 0.884. The van der Waals surface area contributed by atoms with Gasteiger partial charge in [-0.15, -0.1) is 0 Å². The number of para-hydroxylation sites is 2. The molecule has 2 heterocycles. The van der Waals surface area contributed by atoms with Crippen LogP contribution in [-0.2, 0) is 0 Å². The summed E-state index contributed by atoms with van der Waals surface area (Å²) in [5, 5.41) is 3.22. The van der Waals surface area contributed by atoms with Crippen molar-refractivity contribution < 1.29 is 0 Å². The molecule has 0 spiro atoms. The summed E-state index contributed by atoms with van der Waals surface area (Å²) in [4.78, 5) is 4.65. The van der Waals surface area contributed by atoms with Crippen molar-refractivity contribution in [2.24, 2.45) is 0 Å². The molecule has 0 bridgehead atoms. The van der Waals surface area contributed by atoms with E-state index in [0.717, 1.165) is 11.5 Å². The van der Waals surface area contributed by atoms with Crippen molar-refractivity contribution in [1.82, 2.24) is 9.55 Å². The molecule has 0 saturated carbocycles. The number of nitrogens with one attached hydrogen (secondary N) is 1. The van der Waals surface area contributed by atoms with Crippen LogP contribution in [0.15, 0.2) is 24.3 Å². The molecule has 0 radical (unpaired) electrons. The number of aromatic nitrogens is 2. The van der Waals surface area contributed by atoms with E-state index in [9.17, 15) is 0 Å². The highest BCUT2D eigenvalue weighted by atomic mass is 32.2. The Morgan fingerprint density at radius 3 is 3.06 bits per heavy atom. The smallest absolute Gasteiger partial charge is 0.203 e. The van der Waals surface area contributed by atoms with Crippen molar-refractivity contribution in [1.29, 1.82) is 0 Å². The summed E-state index contributed by atoms with van der Waals surface area (Å²) in [6.45, 7) is 0. The van der Waals surface area contributed by atoms with E-state index in [2.05, 4.69) is 50.9 Å². The van der Waals surface area contributed by atoms with Gasteiger partial charge < -0.3 is 9.88 Å². The van der Waals surface area contributed by atoms with Gasteiger partial charge in [0.25, 0.3) is 0 Å². The third-order valence-electron chi connectivity index (χ3n) is 3.32. The molecule has 0 aliphatic carbocycles. The van der Waals surface area contributed by atoms with Crippen LogP contribution in [0.25, 0.3) is 11.0 Å². The molecule has 3 nitrogen and oxygen atoms in total. The van der Waals surface area contributed by atoms with Crippen LogP contribution in [0.4, 0.5) is 5.95 Å². The molecule has 1 atom stereocenters. The number of fused-ring (bicyclic) bond motifs is 1. The highest BCUT2D eigenvalue weighted by molar-refractivity contribution is 7.99. The zero-order valence-electron chi connectivity index (χ0n) is 10.0. The Labute approximate surface area is 106 Å². The third-order valence-corrected chi connectivity index (χ3v) is 4.52. The summed E-state index contributed by atoms with van der Waals surface area (Å²) in [7, 11) is 1.95. The second kappa shape index (κ2) is 4.61. The molecule has 17 heavy (non-hydrogen) atoms. The van der Waals surface area contributed by atoms with E-state index in [0.29, 0.717) is 6.04 Å². The summed E-state index contributed by atoms with van der Waals surface area (Å²) >= 11 is 2.05. The Morgan fingerprint density at radius 2 is 2.29 bits per heavy atom. The van der Waals surface area contributed by atoms with Gasteiger partial charge in [-0.1, -0.05) is 12.1 Å². The zero-order valence-corrected chi connectivity index (χ0v) is 10.8. The Balaban J connectivity index is 2.11. The molecule has 1 saturated heterocycles. The maximum Gasteiger partial charge on any atom is 0.203 e. The lowest BCUT2D eigenvalue weighted by molar-refractivity contribution is 0.516. The van der Waals surface area contributed by atoms with Gasteiger partial charge in [0.2, 0.25) is 5.95 Å². The minimum Gasteiger partial charge on any atom is -0.359 e. The van der Waals surface area contributed by atoms with Crippen molar-refractivity contribution in [3.05, 3.63) is 24.3 Å². The van der Waals surface area contributed by atoms with Crippen molar-refractivity contribution in [2.75, 3.05) is 23.9 Å². The molecule has 2 aromatic rings. The molecular weight excluding hydrogens is 230 g/mol. The summed E-state index contributed by atoms with van der Waals surface area (Å²) in [5.74, 6) is 3.51. The number of rotatable bonds is 2. The number of anilines is 1. The van der Waals surface area contributed by atoms with Crippen LogP contribution >= 0.6 is 11.8 Å². The van der Waals surface area contributed by atoms with Gasteiger partial charge >= 0.3 is 0 Å². The molecule has 0 amide bonds. The van der Waals surface area contributed by atoms with E-state index in [4.69, 9.17) is 0 Å². The van der Waals surface area contributed by atoms with Gasteiger partial charge in [0.05, 0.1) is 11.0 Å². The molecule has 1 aliphatic heterocycles. The summed E-state index contributed by atoms with van der Waals surface area (Å²) in [6, 6.07) is 8.99. The highest BCUT2D eigenvalue weighted by Gasteiger charge is 2.20. The summed E-state index contributed by atoms with van der Waals surface area (Å²) in [5.41, 5.74) is 2.34. The molecule has 90 valence electrons. The fourth-order valence-corrected chi connectivity index (χ4v) is 3.64. The fraction of sp³-hybridized carbons (Fsp3) is 0.462. The van der Waals surface area contributed by atoms with Crippen LogP contribution in [0.3, 0.4) is 0 Å². The lowest BCUT2D eigenvalue weighted by Crippen LogP contribution is -2.17. The second-order valence-corrected chi connectivity index (χ2v) is 5.56. The monoisotopic (exact) mass is 247 g/mol. The number of thioether (sulfide) groups is 1. The maximum absolute atomic E-state index is 4.65. The third kappa shape index (κ3) is 1.90. The Hall–Kier alpha value is -1.16. The van der Waals surface area contributed by atoms with Crippen LogP contribution in [0, 0.1) is 0 Å². The number of hydrogen-bond acceptors (Lipinski definition) is 3. The Bertz CT molecular complexity index is 514. The highest BCUT2D eigenvalue weighted by Crippen LogP contribution is 2.32. The normalized spacial score (nSPS) is 20.6. The molecule has 1 aromatic carbocycles. The Morgan fingerprint density at radius 1 is 1.41 bits per heavy atom. The predicted molar refractivity (Wildman–Crippen MR) is 74.9 cm³/mol. The number of imidazole rings is 1. The van der Waals surface area contributed by atoms with Crippen LogP contribution in [0.2, 0.25) is 0 Å². The van der Waals surface area contributed by atoms with Crippen LogP contribution in [0.5, 0.6) is 0 Å². The average molecular weight is 247 g/mol. The maximum atomic E-state index is 4.65. The van der Waals surface area contributed by atoms with Gasteiger partial charge in [0.15, 0.2) is 0 Å². The topological polar surface area (TPSA) is 29.9 Å². The molecule has 3 rings (SSSR count). The van der Waals surface area contributed by atoms with Crippen molar-refractivity contribution in [2.45, 2.75) is 18.9 Å². The lowest BCUT2D eigenvalue weighted by atomic mass is 10.1. The van der Waals surface area contributed by atoms with Gasteiger partial charge in [0, 0.05) is 18.8 Å². The number of nitrogens with zero attached hydrogens (tertiary/aromatic N) is 2. The van der Waals surface area contributed by atoms with Gasteiger partial charge in [-0.05, 0) is 30.7 Å². The second-order valence-electron chi connectivity index (χ2n) is 4.42. The molecular formula is C13H17N3S. The summed E-state index contributed by atoms with van der Waals surface area (Å²) in [6.07, 6.45) is 2.58. The van der Waals surface area contributed by atoms with E-state index < -0.39 is 0 Å². The van der Waals surface area contributed by atoms with Crippen LogP contribution in [0.1, 0.15) is 18.9 Å². The van der Waals surface area contributed by atoms with E-state index in [1.54, 1.807) is 0 Å². The molecule has 1 fully saturated rings. The molecule has 4 heteroatoms. The van der Waals surface area contributed by atoms with Crippen LogP contribution < -0.4 is 5.32 Å². The molecule has 1 unspecified atom stereocenters. The van der Waals surface area contributed by atoms with E-state index in [1.165, 1.54) is 29.9 Å². The average Bonchev–Trinajstić information content (AvgIpc) is 2.78. The van der Waals surface area contributed by atoms with E-state index in [1.807, 2.05) is 7.05 Å². The standard InChI is InChI=1S/C13H17N3S/c1-14-13-15-11-6-2-3-7-12(11)16(13)10-5-4-8-17-9-10/h2-3,6-7,10H,4-5,8-9H2,1H3,(H,14,15). The molecule has 1 N–H and O–H groups in total.